The van der Waals surface area contributed by atoms with Gasteiger partial charge in [-0.25, -0.2) is 9.97 Å². The number of fused-ring (bicyclic) bond motifs is 2. The van der Waals surface area contributed by atoms with Crippen molar-refractivity contribution in [3.05, 3.63) is 40.5 Å². The first-order chi connectivity index (χ1) is 11.7. The zero-order valence-corrected chi connectivity index (χ0v) is 16.6. The molecular weight excluding hydrogens is 421 g/mol. The van der Waals surface area contributed by atoms with Crippen LogP contribution in [0.15, 0.2) is 39.2 Å². The third kappa shape index (κ3) is 2.62. The lowest BCUT2D eigenvalue weighted by atomic mass is 10.1. The zero-order valence-electron chi connectivity index (χ0n) is 11.7. The van der Waals surface area contributed by atoms with Gasteiger partial charge in [-0.1, -0.05) is 47.0 Å². The van der Waals surface area contributed by atoms with Gasteiger partial charge in [0.2, 0.25) is 11.6 Å². The summed E-state index contributed by atoms with van der Waals surface area (Å²) in [5, 5.41) is 1.45. The smallest absolute Gasteiger partial charge is 0.206 e. The average Bonchev–Trinajstić information content (AvgIpc) is 3.20. The highest BCUT2D eigenvalue weighted by atomic mass is 32.3. The van der Waals surface area contributed by atoms with Crippen LogP contribution in [0.25, 0.3) is 0 Å². The zero-order chi connectivity index (χ0) is 16.3. The summed E-state index contributed by atoms with van der Waals surface area (Å²) in [6.45, 7) is 0. The number of hydrogen-bond donors (Lipinski definition) is 0. The summed E-state index contributed by atoms with van der Waals surface area (Å²) in [4.78, 5) is 32.7. The van der Waals surface area contributed by atoms with Gasteiger partial charge in [0.25, 0.3) is 0 Å². The van der Waals surface area contributed by atoms with E-state index in [0.717, 1.165) is 25.8 Å². The number of rotatable bonds is 0. The molecule has 0 amide bonds. The summed E-state index contributed by atoms with van der Waals surface area (Å²) < 4.78 is 5.19. The summed E-state index contributed by atoms with van der Waals surface area (Å²) in [7, 11) is 0. The Morgan fingerprint density at radius 2 is 1.12 bits per heavy atom. The number of carbonyl (C=O) groups excluding carboxylic acids is 2. The quantitative estimate of drug-likeness (QED) is 0.577. The number of ketones is 2. The highest BCUT2D eigenvalue weighted by molar-refractivity contribution is 8.42. The molecule has 4 nitrogen and oxygen atoms in total. The minimum absolute atomic E-state index is 0.177. The van der Waals surface area contributed by atoms with Crippen molar-refractivity contribution in [1.29, 1.82) is 0 Å². The van der Waals surface area contributed by atoms with Crippen molar-refractivity contribution in [3.8, 4) is 0 Å². The van der Waals surface area contributed by atoms with Gasteiger partial charge in [0.15, 0.2) is 0 Å². The molecule has 1 aromatic rings. The Morgan fingerprint density at radius 3 is 1.62 bits per heavy atom. The molecule has 1 aromatic heterocycles. The molecule has 0 aromatic carbocycles. The normalized spacial score (nSPS) is 22.2. The van der Waals surface area contributed by atoms with Gasteiger partial charge in [-0.15, -0.1) is 23.5 Å². The van der Waals surface area contributed by atoms with E-state index < -0.39 is 0 Å². The van der Waals surface area contributed by atoms with Crippen LogP contribution in [-0.4, -0.2) is 33.0 Å². The van der Waals surface area contributed by atoms with Crippen molar-refractivity contribution in [1.82, 2.24) is 9.97 Å². The fourth-order valence-electron chi connectivity index (χ4n) is 2.27. The molecule has 0 unspecified atom stereocenters. The molecule has 0 bridgehead atoms. The van der Waals surface area contributed by atoms with Gasteiger partial charge in [-0.05, 0) is 12.2 Å². The lowest BCUT2D eigenvalue weighted by molar-refractivity contribution is 0.0985. The number of hydrogen-bond acceptors (Lipinski definition) is 10. The Bertz CT molecular complexity index is 851. The molecule has 3 aliphatic heterocycles. The minimum atomic E-state index is -0.249. The van der Waals surface area contributed by atoms with Crippen molar-refractivity contribution < 1.29 is 9.59 Å². The largest absolute Gasteiger partial charge is 0.287 e. The molecule has 0 N–H and O–H groups in total. The van der Waals surface area contributed by atoms with Gasteiger partial charge in [0.1, 0.15) is 21.4 Å². The molecule has 0 spiro atoms. The lowest BCUT2D eigenvalue weighted by Gasteiger charge is -2.08. The first kappa shape index (κ1) is 16.0. The van der Waals surface area contributed by atoms with Gasteiger partial charge in [0.05, 0.1) is 16.9 Å². The van der Waals surface area contributed by atoms with E-state index in [4.69, 9.17) is 0 Å². The third-order valence-corrected chi connectivity index (χ3v) is 12.0. The van der Waals surface area contributed by atoms with Crippen molar-refractivity contribution in [2.45, 2.75) is 10.1 Å². The van der Waals surface area contributed by atoms with Gasteiger partial charge < -0.3 is 0 Å². The summed E-state index contributed by atoms with van der Waals surface area (Å²) in [5.41, 5.74) is 0.353. The topological polar surface area (TPSA) is 59.9 Å². The van der Waals surface area contributed by atoms with Crippen LogP contribution in [0, 0.1) is 0 Å². The van der Waals surface area contributed by atoms with Crippen molar-refractivity contribution in [3.63, 3.8) is 0 Å². The van der Waals surface area contributed by atoms with E-state index in [1.807, 2.05) is 47.0 Å². The van der Waals surface area contributed by atoms with Crippen LogP contribution in [0.4, 0.5) is 0 Å². The fraction of sp³-hybridized carbons (Fsp3) is 0.143. The number of aromatic nitrogens is 2. The third-order valence-electron chi connectivity index (χ3n) is 3.32. The molecule has 24 heavy (non-hydrogen) atoms. The predicted molar refractivity (Wildman–Crippen MR) is 106 cm³/mol. The van der Waals surface area contributed by atoms with Crippen molar-refractivity contribution in [2.24, 2.45) is 0 Å². The van der Waals surface area contributed by atoms with Crippen LogP contribution in [0.2, 0.25) is 0 Å². The number of allylic oxidation sites excluding steroid dienone is 2. The van der Waals surface area contributed by atoms with Crippen LogP contribution in [0.3, 0.4) is 0 Å². The molecule has 0 fully saturated rings. The van der Waals surface area contributed by atoms with E-state index in [1.165, 1.54) is 24.9 Å². The maximum atomic E-state index is 11.9. The molecule has 0 saturated carbocycles. The average molecular weight is 427 g/mol. The first-order valence-electron chi connectivity index (χ1n) is 6.83. The Hall–Kier alpha value is -0.260. The molecule has 0 atom stereocenters. The van der Waals surface area contributed by atoms with E-state index in [-0.39, 0.29) is 23.0 Å². The first-order valence-corrected chi connectivity index (χ1v) is 12.1. The standard InChI is InChI=1S/C14H6N2O2S6/c17-5-1-2-6(18)8-7(5)15-9-10(16-8)22-13(21-9)14-23-11-12(24-14)20-4-3-19-11/h1-2H,3-4H2. The number of thioether (sulfide) groups is 6. The van der Waals surface area contributed by atoms with Crippen molar-refractivity contribution in [2.75, 3.05) is 11.5 Å². The highest BCUT2D eigenvalue weighted by Gasteiger charge is 2.34. The number of nitrogens with zero attached hydrogens (tertiary/aromatic N) is 2. The van der Waals surface area contributed by atoms with Crippen LogP contribution >= 0.6 is 70.6 Å². The Labute approximate surface area is 162 Å². The highest BCUT2D eigenvalue weighted by Crippen LogP contribution is 2.64. The summed E-state index contributed by atoms with van der Waals surface area (Å²) >= 11 is 10.6. The maximum Gasteiger partial charge on any atom is 0.206 e. The van der Waals surface area contributed by atoms with Gasteiger partial charge in [-0.2, -0.15) is 0 Å². The van der Waals surface area contributed by atoms with E-state index >= 15 is 0 Å². The Kier molecular flexibility index (Phi) is 4.10. The SMILES string of the molecule is O=C1C=CC(=O)c2nc3c(nc21)SC(=C1SC2=C(SCCS2)S1)S3. The maximum absolute atomic E-state index is 11.9. The monoisotopic (exact) mass is 426 g/mol. The fourth-order valence-corrected chi connectivity index (χ4v) is 10.8. The second-order valence-electron chi connectivity index (χ2n) is 4.85. The Morgan fingerprint density at radius 1 is 0.667 bits per heavy atom. The predicted octanol–water partition coefficient (Wildman–Crippen LogP) is 4.82. The van der Waals surface area contributed by atoms with Crippen LogP contribution < -0.4 is 0 Å². The van der Waals surface area contributed by atoms with Gasteiger partial charge >= 0.3 is 0 Å². The van der Waals surface area contributed by atoms with E-state index in [2.05, 4.69) is 9.97 Å². The number of carbonyl (C=O) groups is 2. The van der Waals surface area contributed by atoms with Crippen molar-refractivity contribution >= 4 is 82.1 Å². The minimum Gasteiger partial charge on any atom is -0.287 e. The molecule has 120 valence electrons. The molecular formula is C14H6N2O2S6. The van der Waals surface area contributed by atoms with E-state index in [1.54, 1.807) is 23.5 Å². The molecule has 10 heteroatoms. The van der Waals surface area contributed by atoms with Gasteiger partial charge in [0, 0.05) is 11.5 Å². The summed E-state index contributed by atoms with van der Waals surface area (Å²) in [5.74, 6) is 1.82. The van der Waals surface area contributed by atoms with E-state index in [9.17, 15) is 9.59 Å². The lowest BCUT2D eigenvalue weighted by Crippen LogP contribution is -2.16. The van der Waals surface area contributed by atoms with Crippen LogP contribution in [-0.2, 0) is 0 Å². The van der Waals surface area contributed by atoms with Crippen LogP contribution in [0.1, 0.15) is 21.0 Å². The summed E-state index contributed by atoms with van der Waals surface area (Å²) in [6, 6.07) is 0. The second-order valence-corrected chi connectivity index (χ2v) is 12.1. The molecule has 4 aliphatic rings. The van der Waals surface area contributed by atoms with Crippen LogP contribution in [0.5, 0.6) is 0 Å². The Balaban J connectivity index is 1.49. The molecule has 0 radical (unpaired) electrons. The molecule has 4 heterocycles. The molecule has 5 rings (SSSR count). The van der Waals surface area contributed by atoms with E-state index in [0.29, 0.717) is 0 Å². The summed E-state index contributed by atoms with van der Waals surface area (Å²) in [6.07, 6.45) is 2.54. The van der Waals surface area contributed by atoms with Gasteiger partial charge in [-0.3, -0.25) is 9.59 Å². The molecule has 1 aliphatic carbocycles. The second kappa shape index (κ2) is 6.17. The molecule has 0 saturated heterocycles.